The van der Waals surface area contributed by atoms with Gasteiger partial charge in [0.05, 0.1) is 0 Å². The third kappa shape index (κ3) is 3.44. The Balaban J connectivity index is 2.15. The zero-order valence-corrected chi connectivity index (χ0v) is 12.7. The van der Waals surface area contributed by atoms with Crippen molar-refractivity contribution in [1.82, 2.24) is 4.90 Å². The molecule has 0 spiro atoms. The molecule has 0 saturated carbocycles. The highest BCUT2D eigenvalue weighted by molar-refractivity contribution is 5.70. The Hall–Kier alpha value is -1.40. The molecule has 2 saturated heterocycles. The number of fused-ring (bicyclic) bond motifs is 2. The van der Waals surface area contributed by atoms with Crippen molar-refractivity contribution in [2.45, 2.75) is 76.7 Å². The van der Waals surface area contributed by atoms with Gasteiger partial charge in [-0.05, 0) is 20.8 Å². The molecule has 2 heterocycles. The summed E-state index contributed by atoms with van der Waals surface area (Å²) in [6.07, 6.45) is -1.53. The maximum atomic E-state index is 14.1. The molecule has 0 aromatic rings. The van der Waals surface area contributed by atoms with E-state index in [0.29, 0.717) is 0 Å². The van der Waals surface area contributed by atoms with Crippen LogP contribution in [-0.4, -0.2) is 46.7 Å². The number of alkyl halides is 2. The lowest BCUT2D eigenvalue weighted by Gasteiger charge is -2.39. The molecule has 0 unspecified atom stereocenters. The molecule has 0 aliphatic carbocycles. The van der Waals surface area contributed by atoms with Crippen LogP contribution in [0, 0.1) is 0 Å². The van der Waals surface area contributed by atoms with Crippen LogP contribution < -0.4 is 0 Å². The molecule has 2 aliphatic heterocycles. The van der Waals surface area contributed by atoms with E-state index in [-0.39, 0.29) is 12.8 Å². The number of hydrogen-bond acceptors (Lipinski definition) is 4. The monoisotopic (exact) mass is 305 g/mol. The minimum absolute atomic E-state index is 0.0533. The van der Waals surface area contributed by atoms with Crippen molar-refractivity contribution >= 4 is 12.1 Å². The summed E-state index contributed by atoms with van der Waals surface area (Å²) in [6, 6.07) is -1.92. The van der Waals surface area contributed by atoms with E-state index in [1.807, 2.05) is 0 Å². The summed E-state index contributed by atoms with van der Waals surface area (Å²) in [5, 5.41) is 0. The number of nitrogens with zero attached hydrogens (tertiary/aromatic N) is 1. The van der Waals surface area contributed by atoms with Crippen LogP contribution in [0.5, 0.6) is 0 Å². The standard InChI is InChI=1S/C14H21F2NO4/c1-8(18)20-10-5-9-7-14(15,16)11(6-10)17(9)12(19)21-13(2,3)4/h9-11H,5-7H2,1-4H3/t9-,10+,11+/m0/s1. The summed E-state index contributed by atoms with van der Waals surface area (Å²) in [4.78, 5) is 24.3. The molecule has 21 heavy (non-hydrogen) atoms. The van der Waals surface area contributed by atoms with Gasteiger partial charge < -0.3 is 9.47 Å². The fourth-order valence-corrected chi connectivity index (χ4v) is 3.06. The first kappa shape index (κ1) is 16.0. The first-order chi connectivity index (χ1) is 9.49. The van der Waals surface area contributed by atoms with Crippen LogP contribution >= 0.6 is 0 Å². The Morgan fingerprint density at radius 2 is 1.86 bits per heavy atom. The second-order valence-electron chi connectivity index (χ2n) is 6.73. The summed E-state index contributed by atoms with van der Waals surface area (Å²) in [7, 11) is 0. The van der Waals surface area contributed by atoms with Gasteiger partial charge in [0.15, 0.2) is 0 Å². The second kappa shape index (κ2) is 5.10. The first-order valence-electron chi connectivity index (χ1n) is 7.06. The number of halogens is 2. The van der Waals surface area contributed by atoms with Gasteiger partial charge >= 0.3 is 12.1 Å². The summed E-state index contributed by atoms with van der Waals surface area (Å²) in [5.74, 6) is -3.47. The van der Waals surface area contributed by atoms with E-state index in [4.69, 9.17) is 9.47 Å². The summed E-state index contributed by atoms with van der Waals surface area (Å²) in [6.45, 7) is 6.32. The predicted molar refractivity (Wildman–Crippen MR) is 70.0 cm³/mol. The second-order valence-corrected chi connectivity index (χ2v) is 6.73. The fraction of sp³-hybridized carbons (Fsp3) is 0.857. The van der Waals surface area contributed by atoms with Crippen LogP contribution in [0.2, 0.25) is 0 Å². The van der Waals surface area contributed by atoms with Crippen molar-refractivity contribution in [3.8, 4) is 0 Å². The van der Waals surface area contributed by atoms with Crippen LogP contribution in [0.4, 0.5) is 13.6 Å². The van der Waals surface area contributed by atoms with Gasteiger partial charge in [-0.1, -0.05) is 0 Å². The Morgan fingerprint density at radius 1 is 1.24 bits per heavy atom. The zero-order chi connectivity index (χ0) is 16.0. The molecule has 0 radical (unpaired) electrons. The highest BCUT2D eigenvalue weighted by Gasteiger charge is 2.60. The van der Waals surface area contributed by atoms with Crippen molar-refractivity contribution in [1.29, 1.82) is 0 Å². The van der Waals surface area contributed by atoms with Crippen molar-refractivity contribution in [3.63, 3.8) is 0 Å². The highest BCUT2D eigenvalue weighted by atomic mass is 19.3. The molecule has 2 bridgehead atoms. The molecule has 0 aromatic carbocycles. The largest absolute Gasteiger partial charge is 0.462 e. The molecule has 3 atom stereocenters. The summed E-state index contributed by atoms with van der Waals surface area (Å²) in [5.41, 5.74) is -0.738. The quantitative estimate of drug-likeness (QED) is 0.699. The lowest BCUT2D eigenvalue weighted by Crippen LogP contribution is -2.52. The molecule has 7 heteroatoms. The predicted octanol–water partition coefficient (Wildman–Crippen LogP) is 2.73. The average Bonchev–Trinajstić information content (AvgIpc) is 2.39. The van der Waals surface area contributed by atoms with Crippen molar-refractivity contribution in [2.75, 3.05) is 0 Å². The van der Waals surface area contributed by atoms with Crippen molar-refractivity contribution < 1.29 is 27.8 Å². The maximum Gasteiger partial charge on any atom is 0.411 e. The van der Waals surface area contributed by atoms with E-state index in [1.54, 1.807) is 20.8 Å². The van der Waals surface area contributed by atoms with Crippen molar-refractivity contribution in [3.05, 3.63) is 0 Å². The van der Waals surface area contributed by atoms with Crippen LogP contribution in [0.25, 0.3) is 0 Å². The molecule has 5 nitrogen and oxygen atoms in total. The van der Waals surface area contributed by atoms with E-state index in [1.165, 1.54) is 6.92 Å². The third-order valence-electron chi connectivity index (χ3n) is 3.68. The molecular formula is C14H21F2NO4. The van der Waals surface area contributed by atoms with Gasteiger partial charge in [-0.2, -0.15) is 0 Å². The summed E-state index contributed by atoms with van der Waals surface area (Å²) >= 11 is 0. The fourth-order valence-electron chi connectivity index (χ4n) is 3.06. The number of carbonyl (C=O) groups excluding carboxylic acids is 2. The Kier molecular flexibility index (Phi) is 3.88. The van der Waals surface area contributed by atoms with E-state index in [0.717, 1.165) is 4.90 Å². The maximum absolute atomic E-state index is 14.1. The molecule has 1 amide bonds. The van der Waals surface area contributed by atoms with Crippen LogP contribution in [0.1, 0.15) is 47.0 Å². The molecule has 120 valence electrons. The molecule has 2 fully saturated rings. The van der Waals surface area contributed by atoms with Crippen LogP contribution in [-0.2, 0) is 14.3 Å². The Morgan fingerprint density at radius 3 is 2.33 bits per heavy atom. The topological polar surface area (TPSA) is 55.8 Å². The van der Waals surface area contributed by atoms with E-state index < -0.39 is 48.2 Å². The van der Waals surface area contributed by atoms with Crippen molar-refractivity contribution in [2.24, 2.45) is 0 Å². The van der Waals surface area contributed by atoms with Gasteiger partial charge in [0, 0.05) is 32.2 Å². The normalized spacial score (nSPS) is 31.0. The highest BCUT2D eigenvalue weighted by Crippen LogP contribution is 2.46. The van der Waals surface area contributed by atoms with E-state index in [9.17, 15) is 18.4 Å². The minimum atomic E-state index is -2.98. The van der Waals surface area contributed by atoms with Gasteiger partial charge in [-0.15, -0.1) is 0 Å². The lowest BCUT2D eigenvalue weighted by molar-refractivity contribution is -0.151. The molecular weight excluding hydrogens is 284 g/mol. The number of esters is 1. The zero-order valence-electron chi connectivity index (χ0n) is 12.7. The number of hydrogen-bond donors (Lipinski definition) is 0. The van der Waals surface area contributed by atoms with E-state index >= 15 is 0 Å². The molecule has 0 N–H and O–H groups in total. The van der Waals surface area contributed by atoms with Gasteiger partial charge in [0.1, 0.15) is 17.7 Å². The van der Waals surface area contributed by atoms with Gasteiger partial charge in [-0.25, -0.2) is 13.6 Å². The van der Waals surface area contributed by atoms with Gasteiger partial charge in [0.25, 0.3) is 5.92 Å². The smallest absolute Gasteiger partial charge is 0.411 e. The van der Waals surface area contributed by atoms with Gasteiger partial charge in [-0.3, -0.25) is 9.69 Å². The SMILES string of the molecule is CC(=O)O[C@@H]1C[C@H]2CC(F)(F)[C@@H](C1)N2C(=O)OC(C)(C)C. The average molecular weight is 305 g/mol. The Labute approximate surface area is 122 Å². The molecule has 0 aromatic heterocycles. The Bertz CT molecular complexity index is 447. The lowest BCUT2D eigenvalue weighted by atomic mass is 9.99. The van der Waals surface area contributed by atoms with Crippen LogP contribution in [0.15, 0.2) is 0 Å². The third-order valence-corrected chi connectivity index (χ3v) is 3.68. The number of carbonyl (C=O) groups is 2. The number of ether oxygens (including phenoxy) is 2. The number of amides is 1. The van der Waals surface area contributed by atoms with Gasteiger partial charge in [0.2, 0.25) is 0 Å². The number of rotatable bonds is 1. The van der Waals surface area contributed by atoms with Crippen LogP contribution in [0.3, 0.4) is 0 Å². The minimum Gasteiger partial charge on any atom is -0.462 e. The summed E-state index contributed by atoms with van der Waals surface area (Å²) < 4.78 is 38.4. The number of piperidine rings is 1. The van der Waals surface area contributed by atoms with E-state index in [2.05, 4.69) is 0 Å². The molecule has 2 aliphatic rings. The molecule has 2 rings (SSSR count). The first-order valence-corrected chi connectivity index (χ1v) is 7.06.